The maximum Gasteiger partial charge on any atom is 0.261 e. The van der Waals surface area contributed by atoms with Crippen LogP contribution in [0.3, 0.4) is 0 Å². The van der Waals surface area contributed by atoms with Gasteiger partial charge in [-0.1, -0.05) is 45.9 Å². The van der Waals surface area contributed by atoms with Crippen LogP contribution in [0.1, 0.15) is 74.8 Å². The van der Waals surface area contributed by atoms with Crippen LogP contribution >= 0.6 is 11.8 Å². The fourth-order valence-corrected chi connectivity index (χ4v) is 8.97. The van der Waals surface area contributed by atoms with E-state index in [1.165, 1.54) is 68.0 Å². The summed E-state index contributed by atoms with van der Waals surface area (Å²) in [5.74, 6) is -8.19. The van der Waals surface area contributed by atoms with Crippen molar-refractivity contribution in [3.8, 4) is 0 Å². The minimum atomic E-state index is -1.59. The second-order valence-corrected chi connectivity index (χ2v) is 20.8. The molecule has 0 unspecified atom stereocenters. The van der Waals surface area contributed by atoms with Crippen molar-refractivity contribution >= 4 is 87.4 Å². The minimum Gasteiger partial charge on any atom is -0.399 e. The van der Waals surface area contributed by atoms with E-state index in [9.17, 15) is 47.9 Å². The van der Waals surface area contributed by atoms with Gasteiger partial charge in [0.25, 0.3) is 5.91 Å². The molecule has 0 aliphatic rings. The van der Waals surface area contributed by atoms with Gasteiger partial charge in [0.05, 0.1) is 37.1 Å². The van der Waals surface area contributed by atoms with Gasteiger partial charge in [-0.05, 0) is 79.5 Å². The van der Waals surface area contributed by atoms with Crippen LogP contribution in [0.5, 0.6) is 0 Å². The molecule has 16 N–H and O–H groups in total. The molecule has 2 aromatic carbocycles. The predicted molar refractivity (Wildman–Crippen MR) is 298 cm³/mol. The molecule has 5 aromatic rings. The number of fused-ring (bicyclic) bond motifs is 1. The number of primary amides is 1. The van der Waals surface area contributed by atoms with Crippen molar-refractivity contribution in [3.05, 3.63) is 102 Å². The lowest BCUT2D eigenvalue weighted by Gasteiger charge is -2.30. The lowest BCUT2D eigenvalue weighted by Crippen LogP contribution is -2.60. The van der Waals surface area contributed by atoms with Crippen LogP contribution in [0.2, 0.25) is 0 Å². The van der Waals surface area contributed by atoms with E-state index in [-0.39, 0.29) is 43.6 Å². The van der Waals surface area contributed by atoms with Crippen molar-refractivity contribution in [2.45, 2.75) is 109 Å². The molecule has 0 saturated carbocycles. The fourth-order valence-electron chi connectivity index (χ4n) is 8.50. The van der Waals surface area contributed by atoms with Crippen molar-refractivity contribution in [2.24, 2.45) is 23.3 Å². The maximum absolute atomic E-state index is 14.6. The number of imidazole rings is 2. The Morgan fingerprint density at radius 1 is 0.662 bits per heavy atom. The number of amides is 10. The normalized spacial score (nSPS) is 13.9. The quantitative estimate of drug-likeness (QED) is 0.0251. The number of nitrogen functional groups attached to an aromatic ring is 1. The van der Waals surface area contributed by atoms with Gasteiger partial charge in [-0.15, -0.1) is 0 Å². The fraction of sp³-hybridized carbons (Fsp3) is 0.434. The number of hydrogen-bond donors (Lipinski definition) is 13. The Balaban J connectivity index is 1.30. The molecule has 80 heavy (non-hydrogen) atoms. The molecule has 0 aliphatic heterocycles. The standard InChI is InChI=1S/C53H72N16O10S/c1-28(2)17-39(49(75)65-38(46(56)72)15-16-80-6)66-50(76)41(19-34-23-57-26-61-34)64-43(70)25-60-52(78)45(29(3)4)68-47(73)30(5)63-48(74)40(18-32-22-59-37-10-8-7-9-36(32)37)67-51(77)42(20-35-24-58-27-62-35)69(44(71)21-54)53(79)31-11-13-33(55)14-12-31/h7-14,22-24,26-30,38-42,45,59H,15-21,25,54-55H2,1-6H3,(H2,56,72)(H,57,61)(H,58,62)(H,60,78)(H,63,74)(H,64,70)(H,65,75)(H,66,76)(H,67,77)(H,68,73)/t30-,38-,39-,40-,41-,42-,45-/m0/s1. The molecule has 0 spiro atoms. The van der Waals surface area contributed by atoms with E-state index in [2.05, 4.69) is 62.1 Å². The Hall–Kier alpha value is -8.59. The summed E-state index contributed by atoms with van der Waals surface area (Å²) in [6.45, 7) is 7.00. The first kappa shape index (κ1) is 62.3. The molecule has 26 nitrogen and oxygen atoms in total. The van der Waals surface area contributed by atoms with Crippen LogP contribution in [0.15, 0.2) is 79.8 Å². The molecule has 430 valence electrons. The molecule has 5 rings (SSSR count). The molecule has 27 heteroatoms. The number of nitrogens with one attached hydrogen (secondary N) is 10. The summed E-state index contributed by atoms with van der Waals surface area (Å²) in [6, 6.07) is 3.88. The Kier molecular flexibility index (Phi) is 23.3. The van der Waals surface area contributed by atoms with Crippen LogP contribution in [0.4, 0.5) is 5.69 Å². The summed E-state index contributed by atoms with van der Waals surface area (Å²) in [7, 11) is 0. The molecule has 0 saturated heterocycles. The Morgan fingerprint density at radius 3 is 1.86 bits per heavy atom. The molecule has 0 aliphatic carbocycles. The largest absolute Gasteiger partial charge is 0.399 e. The van der Waals surface area contributed by atoms with E-state index in [1.807, 2.05) is 38.3 Å². The number of nitrogens with two attached hydrogens (primary N) is 3. The molecule has 0 radical (unpaired) electrons. The Morgan fingerprint density at radius 2 is 1.26 bits per heavy atom. The van der Waals surface area contributed by atoms with Gasteiger partial charge in [0.1, 0.15) is 42.3 Å². The van der Waals surface area contributed by atoms with Gasteiger partial charge >= 0.3 is 0 Å². The van der Waals surface area contributed by atoms with Gasteiger partial charge in [0.2, 0.25) is 53.2 Å². The van der Waals surface area contributed by atoms with E-state index in [1.54, 1.807) is 26.1 Å². The third-order valence-electron chi connectivity index (χ3n) is 12.8. The molecular formula is C53H72N16O10S. The van der Waals surface area contributed by atoms with Gasteiger partial charge in [-0.25, -0.2) is 9.97 Å². The number of carbonyl (C=O) groups excluding carboxylic acids is 10. The van der Waals surface area contributed by atoms with Crippen molar-refractivity contribution in [2.75, 3.05) is 30.8 Å². The lowest BCUT2D eigenvalue weighted by molar-refractivity contribution is -0.138. The highest BCUT2D eigenvalue weighted by atomic mass is 32.2. The van der Waals surface area contributed by atoms with Crippen molar-refractivity contribution in [3.63, 3.8) is 0 Å². The van der Waals surface area contributed by atoms with E-state index in [0.29, 0.717) is 33.3 Å². The zero-order chi connectivity index (χ0) is 58.6. The molecule has 10 amide bonds. The topological polar surface area (TPSA) is 409 Å². The summed E-state index contributed by atoms with van der Waals surface area (Å²) < 4.78 is 0. The summed E-state index contributed by atoms with van der Waals surface area (Å²) >= 11 is 1.47. The number of rotatable bonds is 30. The number of para-hydroxylation sites is 1. The third-order valence-corrected chi connectivity index (χ3v) is 13.4. The van der Waals surface area contributed by atoms with Crippen LogP contribution in [0.25, 0.3) is 10.9 Å². The van der Waals surface area contributed by atoms with Crippen molar-refractivity contribution in [1.82, 2.24) is 67.0 Å². The second kappa shape index (κ2) is 30.0. The first-order valence-electron chi connectivity index (χ1n) is 25.9. The smallest absolute Gasteiger partial charge is 0.261 e. The number of H-pyrrole nitrogens is 3. The zero-order valence-electron chi connectivity index (χ0n) is 45.4. The number of anilines is 1. The van der Waals surface area contributed by atoms with E-state index in [4.69, 9.17) is 17.2 Å². The number of aromatic amines is 3. The Labute approximate surface area is 466 Å². The van der Waals surface area contributed by atoms with Gasteiger partial charge in [-0.3, -0.25) is 52.8 Å². The highest BCUT2D eigenvalue weighted by Gasteiger charge is 2.38. The average molecular weight is 1130 g/mol. The summed E-state index contributed by atoms with van der Waals surface area (Å²) in [6.07, 6.45) is 9.12. The number of nitrogens with zero attached hydrogens (tertiary/aromatic N) is 3. The van der Waals surface area contributed by atoms with Gasteiger partial charge in [0.15, 0.2) is 0 Å². The lowest BCUT2D eigenvalue weighted by atomic mass is 10.0. The number of thioether (sulfide) groups is 1. The van der Waals surface area contributed by atoms with Gasteiger partial charge in [0, 0.05) is 60.0 Å². The van der Waals surface area contributed by atoms with Gasteiger partial charge in [-0.2, -0.15) is 11.8 Å². The average Bonchev–Trinajstić information content (AvgIpc) is 4.23. The summed E-state index contributed by atoms with van der Waals surface area (Å²) in [5.41, 5.74) is 19.6. The van der Waals surface area contributed by atoms with Crippen molar-refractivity contribution in [1.29, 1.82) is 0 Å². The summed E-state index contributed by atoms with van der Waals surface area (Å²) in [4.78, 5) is 155. The SMILES string of the molecule is CSCC[C@H](NC(=O)[C@H](CC(C)C)NC(=O)[C@H](Cc1c[nH]cn1)NC(=O)CNC(=O)[C@@H](NC(=O)[C@H](C)NC(=O)[C@H](Cc1c[nH]c2ccccc12)NC(=O)[C@H](Cc1c[nH]cn1)N(C(=O)CN)C(=O)c1ccc(N)cc1)C(C)C)C(N)=O. The molecule has 3 aromatic heterocycles. The van der Waals surface area contributed by atoms with Crippen molar-refractivity contribution < 1.29 is 47.9 Å². The maximum atomic E-state index is 14.6. The van der Waals surface area contributed by atoms with Gasteiger partial charge < -0.3 is 69.4 Å². The van der Waals surface area contributed by atoms with Crippen LogP contribution in [-0.4, -0.2) is 156 Å². The molecule has 7 atom stereocenters. The van der Waals surface area contributed by atoms with Crippen LogP contribution in [0, 0.1) is 11.8 Å². The number of imide groups is 1. The highest BCUT2D eigenvalue weighted by Crippen LogP contribution is 2.21. The molecule has 3 heterocycles. The van der Waals surface area contributed by atoms with E-state index in [0.717, 1.165) is 10.9 Å². The predicted octanol–water partition coefficient (Wildman–Crippen LogP) is -0.794. The first-order chi connectivity index (χ1) is 38.1. The number of hydrogen-bond acceptors (Lipinski definition) is 15. The second-order valence-electron chi connectivity index (χ2n) is 19.8. The Bertz CT molecular complexity index is 2930. The summed E-state index contributed by atoms with van der Waals surface area (Å²) in [5, 5.41) is 19.1. The number of benzene rings is 2. The molecule has 0 fully saturated rings. The molecular weight excluding hydrogens is 1050 g/mol. The third kappa shape index (κ3) is 18.0. The zero-order valence-corrected chi connectivity index (χ0v) is 46.2. The number of aromatic nitrogens is 5. The van der Waals surface area contributed by atoms with Crippen LogP contribution < -0.4 is 54.4 Å². The van der Waals surface area contributed by atoms with Crippen LogP contribution in [-0.2, 0) is 62.4 Å². The minimum absolute atomic E-state index is 0.0232. The highest BCUT2D eigenvalue weighted by molar-refractivity contribution is 7.98. The number of carbonyl (C=O) groups is 10. The molecule has 0 bridgehead atoms. The first-order valence-corrected chi connectivity index (χ1v) is 27.3. The monoisotopic (exact) mass is 1120 g/mol. The van der Waals surface area contributed by atoms with E-state index < -0.39 is 120 Å². The van der Waals surface area contributed by atoms with E-state index >= 15 is 0 Å².